The van der Waals surface area contributed by atoms with E-state index >= 15 is 0 Å². The van der Waals surface area contributed by atoms with Crippen LogP contribution in [0.1, 0.15) is 0 Å². The van der Waals surface area contributed by atoms with Crippen LogP contribution in [-0.4, -0.2) is 32.1 Å². The standard InChI is InChI=1S/C79H47N7/c1-2-21-49(22-3-1)83-70-37-16-10-29-60(70)65-47-74-61-42-41-48(43-64(61)59-28-9-17-38-71(59)85(74)78(65)83)53-31-20-32-62-58-27-8-18-39-72(58)86-77(75(53)62)80-76-63-30-11-19-40-73(63)84(79(76)86)52-45-50(81-66-33-12-4-23-54(66)55-24-5-13-34-67(55)81)44-51(46-52)82-68-35-14-6-25-56(68)57-26-7-15-36-69(57)82/h1-47H. The fourth-order valence-electron chi connectivity index (χ4n) is 15.2. The SMILES string of the molecule is c1ccc(-n2c3ccccc3c3cc4c5ccc(-c6cccc7c8ccccc8n8c(nc9c%10ccccc%10n(-c%10cc(-n%11c%12ccccc%12c%12ccccc%12%11)cc(-n%11c%12ccccc%12c%12ccccc%12%11)c%10)c98)c67)cc5c5ccccc5n4c32)cc1. The fraction of sp³-hybridized carbons (Fsp3) is 0. The lowest BCUT2D eigenvalue weighted by Crippen LogP contribution is -2.04. The van der Waals surface area contributed by atoms with E-state index in [1.165, 1.54) is 76.1 Å². The number of hydrogen-bond donors (Lipinski definition) is 0. The van der Waals surface area contributed by atoms with Crippen molar-refractivity contribution in [3.8, 4) is 33.9 Å². The molecule has 0 N–H and O–H groups in total. The summed E-state index contributed by atoms with van der Waals surface area (Å²) in [7, 11) is 0. The van der Waals surface area contributed by atoms with Gasteiger partial charge >= 0.3 is 0 Å². The van der Waals surface area contributed by atoms with Crippen LogP contribution in [-0.2, 0) is 0 Å². The first-order chi connectivity index (χ1) is 42.7. The van der Waals surface area contributed by atoms with E-state index in [1.807, 2.05) is 0 Å². The Kier molecular flexibility index (Phi) is 9.06. The fourth-order valence-corrected chi connectivity index (χ4v) is 15.2. The van der Waals surface area contributed by atoms with Crippen LogP contribution >= 0.6 is 0 Å². The minimum Gasteiger partial charge on any atom is -0.309 e. The van der Waals surface area contributed by atoms with E-state index in [9.17, 15) is 0 Å². The summed E-state index contributed by atoms with van der Waals surface area (Å²) < 4.78 is 14.8. The van der Waals surface area contributed by atoms with Crippen molar-refractivity contribution in [1.82, 2.24) is 32.1 Å². The first-order valence-electron chi connectivity index (χ1n) is 29.5. The maximum atomic E-state index is 5.92. The highest BCUT2D eigenvalue weighted by molar-refractivity contribution is 6.24. The maximum absolute atomic E-state index is 5.92. The van der Waals surface area contributed by atoms with Crippen LogP contribution in [0.3, 0.4) is 0 Å². The second-order valence-electron chi connectivity index (χ2n) is 23.1. The molecule has 0 spiro atoms. The highest BCUT2D eigenvalue weighted by Crippen LogP contribution is 2.46. The summed E-state index contributed by atoms with van der Waals surface area (Å²) in [6.45, 7) is 0. The molecule has 398 valence electrons. The van der Waals surface area contributed by atoms with Crippen molar-refractivity contribution in [1.29, 1.82) is 0 Å². The summed E-state index contributed by atoms with van der Waals surface area (Å²) in [5.41, 5.74) is 21.0. The third kappa shape index (κ3) is 6.02. The molecule has 0 saturated heterocycles. The molecule has 20 aromatic rings. The number of imidazole rings is 1. The van der Waals surface area contributed by atoms with Crippen LogP contribution in [0.15, 0.2) is 285 Å². The zero-order valence-corrected chi connectivity index (χ0v) is 46.3. The molecule has 0 aliphatic rings. The Bertz CT molecular complexity index is 6100. The molecule has 0 radical (unpaired) electrons. The van der Waals surface area contributed by atoms with Gasteiger partial charge in [0.25, 0.3) is 0 Å². The Morgan fingerprint density at radius 3 is 1.17 bits per heavy atom. The summed E-state index contributed by atoms with van der Waals surface area (Å²) in [6, 6.07) is 105. The summed E-state index contributed by atoms with van der Waals surface area (Å²) in [5.74, 6) is 0. The Morgan fingerprint density at radius 1 is 0.221 bits per heavy atom. The van der Waals surface area contributed by atoms with Crippen LogP contribution in [0.25, 0.3) is 176 Å². The van der Waals surface area contributed by atoms with Gasteiger partial charge in [0.2, 0.25) is 0 Å². The van der Waals surface area contributed by atoms with Gasteiger partial charge in [0.15, 0.2) is 5.65 Å². The van der Waals surface area contributed by atoms with Crippen LogP contribution in [0, 0.1) is 0 Å². The first-order valence-corrected chi connectivity index (χ1v) is 29.5. The Morgan fingerprint density at radius 2 is 0.616 bits per heavy atom. The van der Waals surface area contributed by atoms with E-state index in [0.717, 1.165) is 99.9 Å². The van der Waals surface area contributed by atoms with Crippen molar-refractivity contribution in [2.75, 3.05) is 0 Å². The highest BCUT2D eigenvalue weighted by Gasteiger charge is 2.27. The van der Waals surface area contributed by atoms with Gasteiger partial charge in [-0.2, -0.15) is 0 Å². The molecule has 20 rings (SSSR count). The van der Waals surface area contributed by atoms with Gasteiger partial charge in [-0.3, -0.25) is 17.9 Å². The lowest BCUT2D eigenvalue weighted by atomic mass is 9.94. The van der Waals surface area contributed by atoms with E-state index in [2.05, 4.69) is 312 Å². The molecule has 0 bridgehead atoms. The second kappa shape index (κ2) is 17.0. The monoisotopic (exact) mass is 1090 g/mol. The van der Waals surface area contributed by atoms with E-state index in [0.29, 0.717) is 0 Å². The van der Waals surface area contributed by atoms with Crippen molar-refractivity contribution in [2.24, 2.45) is 0 Å². The number of benzene rings is 12. The lowest BCUT2D eigenvalue weighted by molar-refractivity contribution is 1.08. The maximum Gasteiger partial charge on any atom is 0.151 e. The molecule has 86 heavy (non-hydrogen) atoms. The van der Waals surface area contributed by atoms with Gasteiger partial charge in [-0.15, -0.1) is 0 Å². The number of hydrogen-bond acceptors (Lipinski definition) is 1. The average Bonchev–Trinajstić information content (AvgIpc) is 1.76. The van der Waals surface area contributed by atoms with Crippen molar-refractivity contribution in [2.45, 2.75) is 0 Å². The van der Waals surface area contributed by atoms with Crippen molar-refractivity contribution >= 4 is 142 Å². The number of rotatable bonds is 5. The van der Waals surface area contributed by atoms with Gasteiger partial charge in [-0.1, -0.05) is 194 Å². The molecule has 0 aliphatic heterocycles. The topological polar surface area (TPSA) is 41.4 Å². The quantitative estimate of drug-likeness (QED) is 0.158. The molecule has 7 nitrogen and oxygen atoms in total. The number of nitrogens with zero attached hydrogens (tertiary/aromatic N) is 7. The normalized spacial score (nSPS) is 12.4. The minimum atomic E-state index is 0.920. The number of pyridine rings is 2. The molecule has 0 unspecified atom stereocenters. The van der Waals surface area contributed by atoms with Crippen LogP contribution in [0.5, 0.6) is 0 Å². The van der Waals surface area contributed by atoms with Crippen molar-refractivity contribution in [3.63, 3.8) is 0 Å². The predicted molar refractivity (Wildman–Crippen MR) is 359 cm³/mol. The van der Waals surface area contributed by atoms with E-state index in [1.54, 1.807) is 0 Å². The lowest BCUT2D eigenvalue weighted by Gasteiger charge is -2.18. The summed E-state index contributed by atoms with van der Waals surface area (Å²) in [5, 5.41) is 15.5. The molecule has 12 aromatic carbocycles. The van der Waals surface area contributed by atoms with Crippen LogP contribution < -0.4 is 0 Å². The van der Waals surface area contributed by atoms with E-state index in [4.69, 9.17) is 4.98 Å². The molecule has 7 heteroatoms. The van der Waals surface area contributed by atoms with Crippen LogP contribution in [0.2, 0.25) is 0 Å². The molecule has 0 atom stereocenters. The van der Waals surface area contributed by atoms with Crippen molar-refractivity contribution in [3.05, 3.63) is 285 Å². The van der Waals surface area contributed by atoms with Gasteiger partial charge in [-0.25, -0.2) is 4.98 Å². The van der Waals surface area contributed by atoms with E-state index < -0.39 is 0 Å². The largest absolute Gasteiger partial charge is 0.309 e. The minimum absolute atomic E-state index is 0.920. The molecule has 0 aliphatic carbocycles. The number of para-hydroxylation sites is 9. The molecular formula is C79H47N7. The molecule has 8 aromatic heterocycles. The van der Waals surface area contributed by atoms with Gasteiger partial charge in [0.05, 0.1) is 66.7 Å². The average molecular weight is 1090 g/mol. The number of fused-ring (bicyclic) bond motifs is 26. The van der Waals surface area contributed by atoms with Crippen molar-refractivity contribution < 1.29 is 0 Å². The van der Waals surface area contributed by atoms with Crippen LogP contribution in [0.4, 0.5) is 0 Å². The second-order valence-corrected chi connectivity index (χ2v) is 23.1. The highest BCUT2D eigenvalue weighted by atomic mass is 15.2. The summed E-state index contributed by atoms with van der Waals surface area (Å²) in [6.07, 6.45) is 0. The third-order valence-corrected chi connectivity index (χ3v) is 18.7. The van der Waals surface area contributed by atoms with Gasteiger partial charge in [-0.05, 0) is 113 Å². The van der Waals surface area contributed by atoms with Gasteiger partial charge in [0, 0.05) is 64.9 Å². The first kappa shape index (κ1) is 45.9. The Hall–Kier alpha value is -11.7. The van der Waals surface area contributed by atoms with Gasteiger partial charge in [0.1, 0.15) is 16.8 Å². The Balaban J connectivity index is 0.883. The smallest absolute Gasteiger partial charge is 0.151 e. The molecule has 0 amide bonds. The van der Waals surface area contributed by atoms with E-state index in [-0.39, 0.29) is 0 Å². The Labute approximate surface area is 490 Å². The van der Waals surface area contributed by atoms with Gasteiger partial charge < -0.3 is 9.13 Å². The molecule has 0 fully saturated rings. The third-order valence-electron chi connectivity index (χ3n) is 18.7. The zero-order valence-electron chi connectivity index (χ0n) is 46.3. The predicted octanol–water partition coefficient (Wildman–Crippen LogP) is 20.3. The zero-order chi connectivity index (χ0) is 55.9. The molecule has 0 saturated carbocycles. The molecule has 8 heterocycles. The summed E-state index contributed by atoms with van der Waals surface area (Å²) in [4.78, 5) is 5.92. The summed E-state index contributed by atoms with van der Waals surface area (Å²) >= 11 is 0. The molecular weight excluding hydrogens is 1050 g/mol. The number of aromatic nitrogens is 7.